The lowest BCUT2D eigenvalue weighted by molar-refractivity contribution is 0.564. The molecule has 3 nitrogen and oxygen atoms in total. The fourth-order valence-electron chi connectivity index (χ4n) is 11.2. The van der Waals surface area contributed by atoms with Gasteiger partial charge in [-0.2, -0.15) is 0 Å². The first-order valence-electron chi connectivity index (χ1n) is 21.9. The van der Waals surface area contributed by atoms with Crippen molar-refractivity contribution in [2.45, 2.75) is 12.0 Å². The maximum absolute atomic E-state index is 6.51. The highest BCUT2D eigenvalue weighted by atomic mass is 16.3. The van der Waals surface area contributed by atoms with Gasteiger partial charge in [-0.25, -0.2) is 0 Å². The molecule has 0 fully saturated rings. The minimum absolute atomic E-state index is 0.656. The number of hydrogen-bond acceptors (Lipinski definition) is 2. The maximum Gasteiger partial charge on any atom is 0.137 e. The fourth-order valence-corrected chi connectivity index (χ4v) is 11.2. The van der Waals surface area contributed by atoms with Gasteiger partial charge in [0.1, 0.15) is 16.7 Å². The van der Waals surface area contributed by atoms with E-state index in [0.717, 1.165) is 45.4 Å². The highest BCUT2D eigenvalue weighted by Crippen LogP contribution is 2.56. The molecule has 12 aromatic rings. The lowest BCUT2D eigenvalue weighted by Gasteiger charge is -2.37. The standard InChI is InChI=1S/C60H38N2O/c1-2-13-41-36-43(28-25-39(41)12-1)60(52-18-7-3-14-47(52)48-15-4-8-19-53(48)60)62-54-20-9-5-16-49(54)51-37-45(31-33-55(51)62)61(44-29-26-40(27-30-44)46-32-24-38-34-42(46)35-38)56-21-11-23-58-59(56)50-17-6-10-22-57(50)63-58/h1-34,36-37H,35H2. The summed E-state index contributed by atoms with van der Waals surface area (Å²) in [5.74, 6) is 0. The Kier molecular flexibility index (Phi) is 7.10. The van der Waals surface area contributed by atoms with Gasteiger partial charge in [-0.05, 0) is 128 Å². The van der Waals surface area contributed by atoms with Crippen LogP contribution < -0.4 is 4.90 Å². The molecule has 0 spiro atoms. The number of benzene rings is 10. The van der Waals surface area contributed by atoms with Crippen molar-refractivity contribution < 1.29 is 4.42 Å². The molecule has 10 aromatic carbocycles. The van der Waals surface area contributed by atoms with Gasteiger partial charge in [-0.15, -0.1) is 0 Å². The molecule has 3 aliphatic rings. The van der Waals surface area contributed by atoms with E-state index in [1.165, 1.54) is 82.6 Å². The second-order valence-electron chi connectivity index (χ2n) is 17.2. The zero-order valence-corrected chi connectivity index (χ0v) is 34.3. The van der Waals surface area contributed by atoms with Crippen LogP contribution in [0.4, 0.5) is 17.1 Å². The van der Waals surface area contributed by atoms with Crippen LogP contribution in [0.25, 0.3) is 76.8 Å². The van der Waals surface area contributed by atoms with E-state index >= 15 is 0 Å². The molecule has 0 amide bonds. The molecule has 3 aliphatic carbocycles. The third-order valence-corrected chi connectivity index (χ3v) is 14.0. The Bertz CT molecular complexity index is 3800. The molecule has 0 aliphatic heterocycles. The van der Waals surface area contributed by atoms with Crippen LogP contribution in [0, 0.1) is 0 Å². The van der Waals surface area contributed by atoms with Crippen molar-refractivity contribution in [1.82, 2.24) is 4.57 Å². The lowest BCUT2D eigenvalue weighted by Crippen LogP contribution is -2.35. The smallest absolute Gasteiger partial charge is 0.137 e. The average Bonchev–Trinajstić information content (AvgIpc) is 3.98. The van der Waals surface area contributed by atoms with Gasteiger partial charge < -0.3 is 13.9 Å². The van der Waals surface area contributed by atoms with Crippen LogP contribution >= 0.6 is 0 Å². The van der Waals surface area contributed by atoms with Crippen LogP contribution in [0.5, 0.6) is 0 Å². The largest absolute Gasteiger partial charge is 0.456 e. The van der Waals surface area contributed by atoms with Crippen LogP contribution in [0.1, 0.15) is 27.8 Å². The van der Waals surface area contributed by atoms with E-state index in [4.69, 9.17) is 4.42 Å². The molecule has 2 heterocycles. The van der Waals surface area contributed by atoms with Gasteiger partial charge in [0, 0.05) is 27.5 Å². The van der Waals surface area contributed by atoms with Crippen LogP contribution in [-0.2, 0) is 12.0 Å². The van der Waals surface area contributed by atoms with Gasteiger partial charge >= 0.3 is 0 Å². The van der Waals surface area contributed by atoms with E-state index in [1.807, 2.05) is 6.07 Å². The Morgan fingerprint density at radius 3 is 1.90 bits per heavy atom. The molecule has 0 saturated carbocycles. The monoisotopic (exact) mass is 802 g/mol. The minimum atomic E-state index is -0.656. The highest BCUT2D eigenvalue weighted by molar-refractivity contribution is 6.15. The predicted octanol–water partition coefficient (Wildman–Crippen LogP) is 15.7. The van der Waals surface area contributed by atoms with Gasteiger partial charge in [0.05, 0.1) is 22.1 Å². The van der Waals surface area contributed by atoms with Crippen molar-refractivity contribution in [2.24, 2.45) is 0 Å². The van der Waals surface area contributed by atoms with Crippen LogP contribution in [0.15, 0.2) is 223 Å². The Hall–Kier alpha value is -8.14. The Morgan fingerprint density at radius 1 is 0.444 bits per heavy atom. The van der Waals surface area contributed by atoms with Crippen molar-refractivity contribution in [3.63, 3.8) is 0 Å². The number of rotatable bonds is 6. The van der Waals surface area contributed by atoms with E-state index in [2.05, 4.69) is 222 Å². The molecular formula is C60H38N2O. The van der Waals surface area contributed by atoms with E-state index in [0.29, 0.717) is 0 Å². The number of fused-ring (bicyclic) bond motifs is 12. The second kappa shape index (κ2) is 12.9. The van der Waals surface area contributed by atoms with Gasteiger partial charge in [-0.3, -0.25) is 0 Å². The van der Waals surface area contributed by atoms with E-state index in [1.54, 1.807) is 0 Å². The number of furan rings is 1. The molecule has 2 aromatic heterocycles. The number of hydrogen-bond donors (Lipinski definition) is 0. The number of para-hydroxylation sites is 2. The summed E-state index contributed by atoms with van der Waals surface area (Å²) in [5, 5.41) is 7.07. The van der Waals surface area contributed by atoms with Gasteiger partial charge in [0.15, 0.2) is 0 Å². The Morgan fingerprint density at radius 2 is 1.11 bits per heavy atom. The Labute approximate surface area is 364 Å². The topological polar surface area (TPSA) is 21.3 Å². The van der Waals surface area contributed by atoms with Gasteiger partial charge in [0.2, 0.25) is 0 Å². The zero-order valence-electron chi connectivity index (χ0n) is 34.3. The highest BCUT2D eigenvalue weighted by Gasteiger charge is 2.47. The molecule has 63 heavy (non-hydrogen) atoms. The van der Waals surface area contributed by atoms with Crippen LogP contribution in [-0.4, -0.2) is 4.57 Å². The first-order chi connectivity index (χ1) is 31.2. The summed E-state index contributed by atoms with van der Waals surface area (Å²) >= 11 is 0. The van der Waals surface area contributed by atoms with E-state index < -0.39 is 5.54 Å². The molecule has 0 saturated heterocycles. The Balaban J connectivity index is 1.05. The van der Waals surface area contributed by atoms with E-state index in [-0.39, 0.29) is 0 Å². The molecule has 0 N–H and O–H groups in total. The predicted molar refractivity (Wildman–Crippen MR) is 261 cm³/mol. The number of nitrogens with zero attached hydrogens (tertiary/aromatic N) is 2. The molecular weight excluding hydrogens is 765 g/mol. The molecule has 0 unspecified atom stereocenters. The van der Waals surface area contributed by atoms with Crippen molar-refractivity contribution in [3.05, 3.63) is 246 Å². The quantitative estimate of drug-likeness (QED) is 0.167. The summed E-state index contributed by atoms with van der Waals surface area (Å²) in [6, 6.07) is 80.8. The van der Waals surface area contributed by atoms with Crippen molar-refractivity contribution in [1.29, 1.82) is 0 Å². The molecule has 2 bridgehead atoms. The van der Waals surface area contributed by atoms with E-state index in [9.17, 15) is 0 Å². The first kappa shape index (κ1) is 34.6. The van der Waals surface area contributed by atoms with Gasteiger partial charge in [0.25, 0.3) is 0 Å². The van der Waals surface area contributed by atoms with Gasteiger partial charge in [-0.1, -0.05) is 158 Å². The summed E-state index contributed by atoms with van der Waals surface area (Å²) in [6.45, 7) is 0. The third-order valence-electron chi connectivity index (χ3n) is 14.0. The average molecular weight is 803 g/mol. The zero-order chi connectivity index (χ0) is 41.2. The molecule has 0 radical (unpaired) electrons. The first-order valence-corrected chi connectivity index (χ1v) is 21.9. The number of anilines is 3. The summed E-state index contributed by atoms with van der Waals surface area (Å²) in [4.78, 5) is 2.43. The number of aromatic nitrogens is 1. The van der Waals surface area contributed by atoms with Crippen LogP contribution in [0.3, 0.4) is 0 Å². The molecule has 0 atom stereocenters. The normalized spacial score (nSPS) is 13.5. The summed E-state index contributed by atoms with van der Waals surface area (Å²) in [6.07, 6.45) is 1.06. The SMILES string of the molecule is c1ccc2c(c1)-c1ccccc1C2(c1ccc2ccccc2c1)n1c2ccccc2c2cc(N(c3ccc(-c4ccc5cc4C5)cc3)c3cccc4oc5ccccc5c34)ccc21. The molecule has 15 rings (SSSR count). The third kappa shape index (κ3) is 4.79. The van der Waals surface area contributed by atoms with Crippen LogP contribution in [0.2, 0.25) is 0 Å². The maximum atomic E-state index is 6.51. The summed E-state index contributed by atoms with van der Waals surface area (Å²) in [7, 11) is 0. The summed E-state index contributed by atoms with van der Waals surface area (Å²) in [5.41, 5.74) is 18.4. The molecule has 294 valence electrons. The van der Waals surface area contributed by atoms with Crippen molar-refractivity contribution in [3.8, 4) is 22.3 Å². The minimum Gasteiger partial charge on any atom is -0.456 e. The summed E-state index contributed by atoms with van der Waals surface area (Å²) < 4.78 is 9.15. The van der Waals surface area contributed by atoms with Crippen molar-refractivity contribution in [2.75, 3.05) is 4.90 Å². The molecule has 3 heteroatoms. The lowest BCUT2D eigenvalue weighted by atomic mass is 9.79. The fraction of sp³-hybridized carbons (Fsp3) is 0.0333. The second-order valence-corrected chi connectivity index (χ2v) is 17.2. The van der Waals surface area contributed by atoms with Crippen molar-refractivity contribution >= 4 is 71.6 Å².